The summed E-state index contributed by atoms with van der Waals surface area (Å²) in [6.07, 6.45) is 29.9. The van der Waals surface area contributed by atoms with Gasteiger partial charge in [0.25, 0.3) is 0 Å². The van der Waals surface area contributed by atoms with Crippen LogP contribution in [0.3, 0.4) is 0 Å². The summed E-state index contributed by atoms with van der Waals surface area (Å²) in [5.41, 5.74) is 0. The lowest BCUT2D eigenvalue weighted by molar-refractivity contribution is -0.0486. The maximum absolute atomic E-state index is 6.05. The fraction of sp³-hybridized carbons (Fsp3) is 0.875. The van der Waals surface area contributed by atoms with Gasteiger partial charge in [-0.1, -0.05) is 96.4 Å². The number of hydrogen-bond donors (Lipinski definition) is 0. The predicted octanol–water partition coefficient (Wildman–Crippen LogP) is 8.75. The summed E-state index contributed by atoms with van der Waals surface area (Å²) in [4.78, 5) is 2.34. The summed E-state index contributed by atoms with van der Waals surface area (Å²) >= 11 is 0. The second-order valence-electron chi connectivity index (χ2n) is 10.2. The van der Waals surface area contributed by atoms with Crippen molar-refractivity contribution >= 4 is 0 Å². The van der Waals surface area contributed by atoms with Gasteiger partial charge in [-0.3, -0.25) is 0 Å². The van der Waals surface area contributed by atoms with E-state index in [2.05, 4.69) is 57.0 Å². The third kappa shape index (κ3) is 27.9. The Labute approximate surface area is 226 Å². The normalized spacial score (nSPS) is 13.0. The molecule has 0 radical (unpaired) electrons. The summed E-state index contributed by atoms with van der Waals surface area (Å²) in [5, 5.41) is 0. The third-order valence-electron chi connectivity index (χ3n) is 6.34. The van der Waals surface area contributed by atoms with Crippen molar-refractivity contribution in [3.05, 3.63) is 24.3 Å². The van der Waals surface area contributed by atoms with Gasteiger partial charge in [0.2, 0.25) is 0 Å². The molecule has 0 aliphatic carbocycles. The summed E-state index contributed by atoms with van der Waals surface area (Å²) in [7, 11) is 2.17. The van der Waals surface area contributed by atoms with Crippen molar-refractivity contribution in [1.82, 2.24) is 4.90 Å². The molecule has 0 aliphatic heterocycles. The summed E-state index contributed by atoms with van der Waals surface area (Å²) in [6, 6.07) is 0. The molecule has 0 aromatic rings. The van der Waals surface area contributed by atoms with Crippen molar-refractivity contribution in [1.29, 1.82) is 0 Å². The standard InChI is InChI=1S/C32H63NO3/c1-5-8-9-10-11-12-13-14-15-16-17-18-19-20-21-22-23-24-27-35-31-32(30-33(4)25-6-2)36-29-28-34-26-7-3/h11-12,14-15,32H,5-10,13,16-31H2,1-4H3. The van der Waals surface area contributed by atoms with Crippen LogP contribution in [-0.4, -0.2) is 64.2 Å². The molecule has 0 N–H and O–H groups in total. The molecule has 4 nitrogen and oxygen atoms in total. The lowest BCUT2D eigenvalue weighted by atomic mass is 10.1. The molecule has 0 heterocycles. The molecule has 4 heteroatoms. The van der Waals surface area contributed by atoms with Gasteiger partial charge in [0.05, 0.1) is 25.9 Å². The first-order valence-corrected chi connectivity index (χ1v) is 15.5. The van der Waals surface area contributed by atoms with E-state index in [0.29, 0.717) is 19.8 Å². The van der Waals surface area contributed by atoms with Crippen molar-refractivity contribution < 1.29 is 14.2 Å². The Hall–Kier alpha value is -0.680. The van der Waals surface area contributed by atoms with Gasteiger partial charge >= 0.3 is 0 Å². The van der Waals surface area contributed by atoms with E-state index in [4.69, 9.17) is 14.2 Å². The van der Waals surface area contributed by atoms with Crippen molar-refractivity contribution in [3.8, 4) is 0 Å². The van der Waals surface area contributed by atoms with Gasteiger partial charge in [-0.25, -0.2) is 0 Å². The van der Waals surface area contributed by atoms with Gasteiger partial charge in [0.1, 0.15) is 0 Å². The average molecular weight is 510 g/mol. The first-order valence-electron chi connectivity index (χ1n) is 15.5. The van der Waals surface area contributed by atoms with E-state index in [-0.39, 0.29) is 6.10 Å². The molecule has 0 aromatic carbocycles. The largest absolute Gasteiger partial charge is 0.379 e. The molecule has 0 aliphatic rings. The third-order valence-corrected chi connectivity index (χ3v) is 6.34. The van der Waals surface area contributed by atoms with Crippen LogP contribution >= 0.6 is 0 Å². The molecule has 1 unspecified atom stereocenters. The van der Waals surface area contributed by atoms with Crippen molar-refractivity contribution in [2.75, 3.05) is 53.2 Å². The van der Waals surface area contributed by atoms with Crippen LogP contribution in [0.25, 0.3) is 0 Å². The zero-order valence-corrected chi connectivity index (χ0v) is 24.8. The average Bonchev–Trinajstić information content (AvgIpc) is 2.87. The molecule has 0 bridgehead atoms. The highest BCUT2D eigenvalue weighted by molar-refractivity contribution is 4.92. The van der Waals surface area contributed by atoms with Crippen LogP contribution in [0.15, 0.2) is 24.3 Å². The SMILES string of the molecule is CCCCCC=CCC=CCCCCCCCCCCOCC(CN(C)CCC)OCCOCCC. The Morgan fingerprint density at radius 2 is 1.22 bits per heavy atom. The number of ether oxygens (including phenoxy) is 3. The Balaban J connectivity index is 3.57. The Morgan fingerprint density at radius 3 is 1.86 bits per heavy atom. The van der Waals surface area contributed by atoms with E-state index in [1.165, 1.54) is 77.0 Å². The molecule has 0 aromatic heterocycles. The molecular weight excluding hydrogens is 446 g/mol. The minimum Gasteiger partial charge on any atom is -0.379 e. The monoisotopic (exact) mass is 509 g/mol. The molecule has 214 valence electrons. The van der Waals surface area contributed by atoms with E-state index in [1.54, 1.807) is 0 Å². The van der Waals surface area contributed by atoms with Crippen molar-refractivity contribution in [2.45, 2.75) is 130 Å². The Bertz CT molecular complexity index is 466. The number of likely N-dealkylation sites (N-methyl/N-ethyl adjacent to an activating group) is 1. The molecular formula is C32H63NO3. The van der Waals surface area contributed by atoms with Crippen LogP contribution in [0.2, 0.25) is 0 Å². The van der Waals surface area contributed by atoms with Gasteiger partial charge in [0, 0.05) is 19.8 Å². The maximum atomic E-state index is 6.05. The van der Waals surface area contributed by atoms with Gasteiger partial charge < -0.3 is 19.1 Å². The molecule has 0 saturated heterocycles. The lowest BCUT2D eigenvalue weighted by Crippen LogP contribution is -2.35. The second-order valence-corrected chi connectivity index (χ2v) is 10.2. The van der Waals surface area contributed by atoms with Crippen LogP contribution in [0.5, 0.6) is 0 Å². The number of unbranched alkanes of at least 4 members (excludes halogenated alkanes) is 11. The lowest BCUT2D eigenvalue weighted by Gasteiger charge is -2.24. The quantitative estimate of drug-likeness (QED) is 0.0745. The minimum absolute atomic E-state index is 0.133. The topological polar surface area (TPSA) is 30.9 Å². The molecule has 0 amide bonds. The van der Waals surface area contributed by atoms with Gasteiger partial charge in [-0.15, -0.1) is 0 Å². The first kappa shape index (κ1) is 35.3. The maximum Gasteiger partial charge on any atom is 0.0935 e. The fourth-order valence-electron chi connectivity index (χ4n) is 4.25. The summed E-state index contributed by atoms with van der Waals surface area (Å²) < 4.78 is 17.6. The zero-order chi connectivity index (χ0) is 26.4. The first-order chi connectivity index (χ1) is 17.7. The Morgan fingerprint density at radius 1 is 0.583 bits per heavy atom. The van der Waals surface area contributed by atoms with Gasteiger partial charge in [0.15, 0.2) is 0 Å². The van der Waals surface area contributed by atoms with Crippen molar-refractivity contribution in [2.24, 2.45) is 0 Å². The molecule has 36 heavy (non-hydrogen) atoms. The Kier molecular flexibility index (Phi) is 30.0. The zero-order valence-electron chi connectivity index (χ0n) is 24.8. The highest BCUT2D eigenvalue weighted by Crippen LogP contribution is 2.10. The van der Waals surface area contributed by atoms with E-state index in [1.807, 2.05) is 0 Å². The molecule has 1 atom stereocenters. The molecule has 0 spiro atoms. The number of hydrogen-bond acceptors (Lipinski definition) is 4. The predicted molar refractivity (Wildman–Crippen MR) is 158 cm³/mol. The smallest absolute Gasteiger partial charge is 0.0935 e. The number of rotatable bonds is 29. The van der Waals surface area contributed by atoms with Crippen LogP contribution in [0, 0.1) is 0 Å². The highest BCUT2D eigenvalue weighted by atomic mass is 16.5. The van der Waals surface area contributed by atoms with Crippen LogP contribution in [-0.2, 0) is 14.2 Å². The fourth-order valence-corrected chi connectivity index (χ4v) is 4.25. The van der Waals surface area contributed by atoms with Gasteiger partial charge in [-0.2, -0.15) is 0 Å². The second kappa shape index (κ2) is 30.5. The summed E-state index contributed by atoms with van der Waals surface area (Å²) in [6.45, 7) is 12.3. The van der Waals surface area contributed by atoms with E-state index in [0.717, 1.165) is 52.0 Å². The molecule has 0 saturated carbocycles. The van der Waals surface area contributed by atoms with Crippen LogP contribution < -0.4 is 0 Å². The van der Waals surface area contributed by atoms with Crippen molar-refractivity contribution in [3.63, 3.8) is 0 Å². The van der Waals surface area contributed by atoms with Crippen LogP contribution in [0.4, 0.5) is 0 Å². The van der Waals surface area contributed by atoms with Crippen LogP contribution in [0.1, 0.15) is 124 Å². The van der Waals surface area contributed by atoms with Gasteiger partial charge in [-0.05, 0) is 65.0 Å². The molecule has 0 fully saturated rings. The van der Waals surface area contributed by atoms with E-state index in [9.17, 15) is 0 Å². The minimum atomic E-state index is 0.133. The van der Waals surface area contributed by atoms with E-state index < -0.39 is 0 Å². The molecule has 0 rings (SSSR count). The summed E-state index contributed by atoms with van der Waals surface area (Å²) in [5.74, 6) is 0. The highest BCUT2D eigenvalue weighted by Gasteiger charge is 2.12. The van der Waals surface area contributed by atoms with E-state index >= 15 is 0 Å². The number of nitrogens with zero attached hydrogens (tertiary/aromatic N) is 1. The number of allylic oxidation sites excluding steroid dienone is 4.